The van der Waals surface area contributed by atoms with Gasteiger partial charge in [0.2, 0.25) is 11.8 Å². The molecule has 1 fully saturated rings. The summed E-state index contributed by atoms with van der Waals surface area (Å²) in [6.45, 7) is 5.67. The minimum Gasteiger partial charge on any atom is -0.377 e. The van der Waals surface area contributed by atoms with Crippen LogP contribution < -0.4 is 10.6 Å². The third-order valence-electron chi connectivity index (χ3n) is 4.36. The molecule has 23 heavy (non-hydrogen) atoms. The van der Waals surface area contributed by atoms with Gasteiger partial charge in [0.05, 0.1) is 0 Å². The van der Waals surface area contributed by atoms with E-state index in [2.05, 4.69) is 17.2 Å². The number of carbonyl (C=O) groups excluding carboxylic acids is 1. The zero-order valence-corrected chi connectivity index (χ0v) is 13.4. The molecule has 1 aliphatic carbocycles. The van der Waals surface area contributed by atoms with Crippen molar-refractivity contribution in [1.29, 1.82) is 0 Å². The Bertz CT molecular complexity index is 550. The van der Waals surface area contributed by atoms with Crippen molar-refractivity contribution in [3.8, 4) is 0 Å². The standard InChI is InChI=1S/C18H24F2N2O/c1-3-13-7-5-6-8-15(13)16(21-4-2)17(23)22-14-9-11-18(19,20)12-10-14/h4-8,14,16,21H,2-3,9-12H2,1H3,(H,22,23). The van der Waals surface area contributed by atoms with Crippen LogP contribution in [0.25, 0.3) is 0 Å². The van der Waals surface area contributed by atoms with Crippen molar-refractivity contribution in [3.63, 3.8) is 0 Å². The minimum atomic E-state index is -2.59. The van der Waals surface area contributed by atoms with E-state index in [-0.39, 0.29) is 24.8 Å². The van der Waals surface area contributed by atoms with Crippen molar-refractivity contribution >= 4 is 5.91 Å². The van der Waals surface area contributed by atoms with Crippen LogP contribution in [0, 0.1) is 0 Å². The topological polar surface area (TPSA) is 41.1 Å². The highest BCUT2D eigenvalue weighted by Crippen LogP contribution is 2.33. The summed E-state index contributed by atoms with van der Waals surface area (Å²) in [7, 11) is 0. The Hall–Kier alpha value is -1.91. The normalized spacial score (nSPS) is 18.9. The predicted molar refractivity (Wildman–Crippen MR) is 87.2 cm³/mol. The number of rotatable bonds is 6. The third-order valence-corrected chi connectivity index (χ3v) is 4.36. The van der Waals surface area contributed by atoms with E-state index >= 15 is 0 Å². The first-order chi connectivity index (χ1) is 11.0. The fraction of sp³-hybridized carbons (Fsp3) is 0.500. The highest BCUT2D eigenvalue weighted by Gasteiger charge is 2.36. The molecule has 2 N–H and O–H groups in total. The number of alkyl halides is 2. The van der Waals surface area contributed by atoms with Crippen LogP contribution in [0.3, 0.4) is 0 Å². The molecule has 126 valence electrons. The lowest BCUT2D eigenvalue weighted by atomic mass is 9.91. The summed E-state index contributed by atoms with van der Waals surface area (Å²) in [5, 5.41) is 5.89. The smallest absolute Gasteiger partial charge is 0.248 e. The van der Waals surface area contributed by atoms with Gasteiger partial charge in [-0.15, -0.1) is 0 Å². The molecule has 1 aromatic rings. The van der Waals surface area contributed by atoms with Gasteiger partial charge in [0.25, 0.3) is 0 Å². The van der Waals surface area contributed by atoms with Crippen molar-refractivity contribution in [2.45, 2.75) is 57.0 Å². The molecule has 1 unspecified atom stereocenters. The molecule has 1 saturated carbocycles. The SMILES string of the molecule is C=CNC(C(=O)NC1CCC(F)(F)CC1)c1ccccc1CC. The first-order valence-corrected chi connectivity index (χ1v) is 8.10. The fourth-order valence-electron chi connectivity index (χ4n) is 3.03. The molecule has 0 bridgehead atoms. The van der Waals surface area contributed by atoms with E-state index in [0.717, 1.165) is 17.5 Å². The average Bonchev–Trinajstić information content (AvgIpc) is 2.54. The van der Waals surface area contributed by atoms with E-state index in [0.29, 0.717) is 12.8 Å². The third kappa shape index (κ3) is 4.53. The first kappa shape index (κ1) is 17.4. The molecule has 0 spiro atoms. The van der Waals surface area contributed by atoms with E-state index < -0.39 is 12.0 Å². The summed E-state index contributed by atoms with van der Waals surface area (Å²) in [6, 6.07) is 6.99. The molecule has 1 atom stereocenters. The fourth-order valence-corrected chi connectivity index (χ4v) is 3.03. The van der Waals surface area contributed by atoms with Gasteiger partial charge in [-0.3, -0.25) is 4.79 Å². The summed E-state index contributed by atoms with van der Waals surface area (Å²) >= 11 is 0. The number of benzene rings is 1. The Morgan fingerprint density at radius 3 is 2.65 bits per heavy atom. The number of hydrogen-bond donors (Lipinski definition) is 2. The maximum Gasteiger partial charge on any atom is 0.248 e. The van der Waals surface area contributed by atoms with Gasteiger partial charge in [0.1, 0.15) is 6.04 Å². The second kappa shape index (κ2) is 7.57. The summed E-state index contributed by atoms with van der Waals surface area (Å²) < 4.78 is 26.4. The number of nitrogens with one attached hydrogen (secondary N) is 2. The zero-order valence-electron chi connectivity index (χ0n) is 13.4. The minimum absolute atomic E-state index is 0.164. The Morgan fingerprint density at radius 1 is 1.39 bits per heavy atom. The molecule has 0 aliphatic heterocycles. The van der Waals surface area contributed by atoms with Gasteiger partial charge in [-0.1, -0.05) is 37.8 Å². The summed E-state index contributed by atoms with van der Waals surface area (Å²) in [5.41, 5.74) is 1.98. The van der Waals surface area contributed by atoms with Crippen LogP contribution in [0.1, 0.15) is 49.8 Å². The maximum atomic E-state index is 13.2. The van der Waals surface area contributed by atoms with Gasteiger partial charge < -0.3 is 10.6 Å². The molecule has 2 rings (SSSR count). The van der Waals surface area contributed by atoms with Gasteiger partial charge in [0, 0.05) is 18.9 Å². The predicted octanol–water partition coefficient (Wildman–Crippen LogP) is 3.72. The molecular weight excluding hydrogens is 298 g/mol. The second-order valence-electron chi connectivity index (χ2n) is 5.99. The van der Waals surface area contributed by atoms with E-state index in [1.165, 1.54) is 6.20 Å². The van der Waals surface area contributed by atoms with Crippen LogP contribution in [-0.4, -0.2) is 17.9 Å². The van der Waals surface area contributed by atoms with Crippen LogP contribution >= 0.6 is 0 Å². The van der Waals surface area contributed by atoms with Crippen molar-refractivity contribution in [2.24, 2.45) is 0 Å². The Morgan fingerprint density at radius 2 is 2.04 bits per heavy atom. The van der Waals surface area contributed by atoms with Crippen LogP contribution in [0.5, 0.6) is 0 Å². The Balaban J connectivity index is 2.08. The zero-order chi connectivity index (χ0) is 16.9. The van der Waals surface area contributed by atoms with Crippen LogP contribution in [0.4, 0.5) is 8.78 Å². The van der Waals surface area contributed by atoms with Crippen molar-refractivity contribution in [3.05, 3.63) is 48.2 Å². The van der Waals surface area contributed by atoms with Gasteiger partial charge in [-0.25, -0.2) is 8.78 Å². The molecule has 3 nitrogen and oxygen atoms in total. The lowest BCUT2D eigenvalue weighted by Crippen LogP contribution is -2.44. The number of amides is 1. The Labute approximate surface area is 136 Å². The molecule has 0 heterocycles. The molecule has 1 amide bonds. The molecule has 5 heteroatoms. The summed E-state index contributed by atoms with van der Waals surface area (Å²) in [5.74, 6) is -2.78. The van der Waals surface area contributed by atoms with Crippen LogP contribution in [-0.2, 0) is 11.2 Å². The average molecular weight is 322 g/mol. The van der Waals surface area contributed by atoms with Crippen LogP contribution in [0.15, 0.2) is 37.0 Å². The maximum absolute atomic E-state index is 13.2. The van der Waals surface area contributed by atoms with Crippen LogP contribution in [0.2, 0.25) is 0 Å². The van der Waals surface area contributed by atoms with E-state index in [4.69, 9.17) is 0 Å². The van der Waals surface area contributed by atoms with Crippen molar-refractivity contribution in [1.82, 2.24) is 10.6 Å². The van der Waals surface area contributed by atoms with E-state index in [9.17, 15) is 13.6 Å². The van der Waals surface area contributed by atoms with Crippen molar-refractivity contribution in [2.75, 3.05) is 0 Å². The summed E-state index contributed by atoms with van der Waals surface area (Å²) in [6.07, 6.45) is 2.61. The molecule has 1 aliphatic rings. The number of aryl methyl sites for hydroxylation is 1. The number of hydrogen-bond acceptors (Lipinski definition) is 2. The molecule has 0 radical (unpaired) electrons. The summed E-state index contributed by atoms with van der Waals surface area (Å²) in [4.78, 5) is 12.6. The second-order valence-corrected chi connectivity index (χ2v) is 5.99. The first-order valence-electron chi connectivity index (χ1n) is 8.10. The van der Waals surface area contributed by atoms with Gasteiger partial charge >= 0.3 is 0 Å². The largest absolute Gasteiger partial charge is 0.377 e. The van der Waals surface area contributed by atoms with Gasteiger partial charge in [-0.2, -0.15) is 0 Å². The lowest BCUT2D eigenvalue weighted by Gasteiger charge is -2.30. The molecule has 1 aromatic carbocycles. The van der Waals surface area contributed by atoms with Gasteiger partial charge in [-0.05, 0) is 36.6 Å². The lowest BCUT2D eigenvalue weighted by molar-refractivity contribution is -0.125. The molecular formula is C18H24F2N2O. The van der Waals surface area contributed by atoms with Gasteiger partial charge in [0.15, 0.2) is 0 Å². The quantitative estimate of drug-likeness (QED) is 0.838. The Kier molecular flexibility index (Phi) is 5.74. The number of halogens is 2. The number of carbonyl (C=O) groups is 1. The van der Waals surface area contributed by atoms with Crippen molar-refractivity contribution < 1.29 is 13.6 Å². The molecule has 0 saturated heterocycles. The molecule has 0 aromatic heterocycles. The monoisotopic (exact) mass is 322 g/mol. The van der Waals surface area contributed by atoms with E-state index in [1.807, 2.05) is 31.2 Å². The highest BCUT2D eigenvalue weighted by molar-refractivity contribution is 5.84. The highest BCUT2D eigenvalue weighted by atomic mass is 19.3. The van der Waals surface area contributed by atoms with E-state index in [1.54, 1.807) is 0 Å².